The zero-order valence-corrected chi connectivity index (χ0v) is 18.6. The van der Waals surface area contributed by atoms with E-state index in [9.17, 15) is 27.5 Å². The first-order valence-electron chi connectivity index (χ1n) is 11.5. The number of carbonyl (C=O) groups excluding carboxylic acids is 1. The molecule has 4 rings (SSSR count). The Morgan fingerprint density at radius 1 is 1.00 bits per heavy atom. The van der Waals surface area contributed by atoms with Gasteiger partial charge >= 0.3 is 6.18 Å². The van der Waals surface area contributed by atoms with Gasteiger partial charge in [0.25, 0.3) is 5.91 Å². The lowest BCUT2D eigenvalue weighted by atomic mass is 9.68. The minimum Gasteiger partial charge on any atom is -0.395 e. The topological polar surface area (TPSA) is 40.5 Å². The van der Waals surface area contributed by atoms with Crippen LogP contribution >= 0.6 is 0 Å². The third kappa shape index (κ3) is 4.93. The van der Waals surface area contributed by atoms with Crippen LogP contribution in [0.5, 0.6) is 0 Å². The largest absolute Gasteiger partial charge is 0.395 e. The molecule has 0 radical (unpaired) electrons. The van der Waals surface area contributed by atoms with E-state index in [2.05, 4.69) is 0 Å². The maximum absolute atomic E-state index is 13.4. The van der Waals surface area contributed by atoms with E-state index in [1.807, 2.05) is 4.90 Å². The molecule has 1 unspecified atom stereocenters. The molecule has 2 aliphatic carbocycles. The summed E-state index contributed by atoms with van der Waals surface area (Å²) in [5, 5.41) is 10.2. The van der Waals surface area contributed by atoms with Crippen LogP contribution in [0.4, 0.5) is 17.6 Å². The number of rotatable bonds is 6. The van der Waals surface area contributed by atoms with Crippen LogP contribution < -0.4 is 0 Å². The molecule has 0 bridgehead atoms. The van der Waals surface area contributed by atoms with Gasteiger partial charge in [0, 0.05) is 23.1 Å². The van der Waals surface area contributed by atoms with Crippen molar-refractivity contribution in [1.82, 2.24) is 4.90 Å². The molecule has 0 spiro atoms. The minimum absolute atomic E-state index is 0.0129. The van der Waals surface area contributed by atoms with E-state index >= 15 is 0 Å². The van der Waals surface area contributed by atoms with Crippen molar-refractivity contribution in [2.75, 3.05) is 6.61 Å². The van der Waals surface area contributed by atoms with Gasteiger partial charge in [-0.05, 0) is 80.8 Å². The van der Waals surface area contributed by atoms with Crippen molar-refractivity contribution in [2.24, 2.45) is 0 Å². The second-order valence-corrected chi connectivity index (χ2v) is 9.51. The van der Waals surface area contributed by atoms with Gasteiger partial charge in [0.2, 0.25) is 0 Å². The molecule has 178 valence electrons. The highest BCUT2D eigenvalue weighted by Gasteiger charge is 2.43. The molecular formula is C26H29F4NO2. The van der Waals surface area contributed by atoms with Crippen molar-refractivity contribution in [3.63, 3.8) is 0 Å². The summed E-state index contributed by atoms with van der Waals surface area (Å²) >= 11 is 0. The maximum atomic E-state index is 13.4. The van der Waals surface area contributed by atoms with Crippen molar-refractivity contribution in [1.29, 1.82) is 0 Å². The third-order valence-electron chi connectivity index (χ3n) is 7.39. The average Bonchev–Trinajstić information content (AvgIpc) is 3.64. The number of hydrogen-bond acceptors (Lipinski definition) is 2. The molecule has 7 heteroatoms. The van der Waals surface area contributed by atoms with Crippen LogP contribution in [0.1, 0.15) is 72.9 Å². The second kappa shape index (κ2) is 9.09. The summed E-state index contributed by atoms with van der Waals surface area (Å²) in [5.41, 5.74) is 1.00. The number of nitrogens with zero attached hydrogens (tertiary/aromatic N) is 1. The number of hydrogen-bond donors (Lipinski definition) is 1. The van der Waals surface area contributed by atoms with E-state index in [-0.39, 0.29) is 36.0 Å². The van der Waals surface area contributed by atoms with Crippen LogP contribution in [0.2, 0.25) is 0 Å². The lowest BCUT2D eigenvalue weighted by molar-refractivity contribution is -0.146. The first-order chi connectivity index (χ1) is 15.6. The molecule has 0 saturated heterocycles. The highest BCUT2D eigenvalue weighted by molar-refractivity contribution is 5.95. The highest BCUT2D eigenvalue weighted by atomic mass is 19.4. The summed E-state index contributed by atoms with van der Waals surface area (Å²) in [5.74, 6) is -2.05. The van der Waals surface area contributed by atoms with Gasteiger partial charge in [-0.15, -0.1) is 0 Å². The van der Waals surface area contributed by atoms with Crippen LogP contribution in [-0.2, 0) is 5.41 Å². The molecule has 2 aromatic carbocycles. The van der Waals surface area contributed by atoms with Crippen LogP contribution in [0.3, 0.4) is 0 Å². The zero-order valence-electron chi connectivity index (χ0n) is 18.6. The average molecular weight is 464 g/mol. The van der Waals surface area contributed by atoms with Gasteiger partial charge in [0.05, 0.1) is 12.5 Å². The smallest absolute Gasteiger partial charge is 0.395 e. The summed E-state index contributed by atoms with van der Waals surface area (Å²) in [4.78, 5) is 15.3. The SMILES string of the molecule is CC(c1ccc(C(=O)N(C2CC2)C2CCC(CO)(c3ccc(F)cc3)CC2)cc1)C(F)(F)F. The van der Waals surface area contributed by atoms with E-state index in [0.717, 1.165) is 25.3 Å². The monoisotopic (exact) mass is 463 g/mol. The Bertz CT molecular complexity index is 959. The van der Waals surface area contributed by atoms with Crippen molar-refractivity contribution < 1.29 is 27.5 Å². The number of benzene rings is 2. The van der Waals surface area contributed by atoms with Crippen LogP contribution in [0.15, 0.2) is 48.5 Å². The fourth-order valence-corrected chi connectivity index (χ4v) is 5.01. The summed E-state index contributed by atoms with van der Waals surface area (Å²) in [7, 11) is 0. The molecule has 0 heterocycles. The Labute approximate surface area is 191 Å². The minimum atomic E-state index is -4.32. The molecule has 0 aromatic heterocycles. The molecule has 1 N–H and O–H groups in total. The fraction of sp³-hybridized carbons (Fsp3) is 0.500. The molecular weight excluding hydrogens is 434 g/mol. The van der Waals surface area contributed by atoms with E-state index in [4.69, 9.17) is 0 Å². The summed E-state index contributed by atoms with van der Waals surface area (Å²) in [6.07, 6.45) is 0.309. The molecule has 0 aliphatic heterocycles. The Balaban J connectivity index is 1.48. The van der Waals surface area contributed by atoms with E-state index < -0.39 is 17.5 Å². The first-order valence-corrected chi connectivity index (χ1v) is 11.5. The number of alkyl halides is 3. The second-order valence-electron chi connectivity index (χ2n) is 9.51. The van der Waals surface area contributed by atoms with Crippen molar-refractivity contribution in [3.05, 3.63) is 71.0 Å². The molecule has 1 amide bonds. The highest BCUT2D eigenvalue weighted by Crippen LogP contribution is 2.43. The summed E-state index contributed by atoms with van der Waals surface area (Å²) < 4.78 is 52.4. The zero-order chi connectivity index (χ0) is 23.8. The quantitative estimate of drug-likeness (QED) is 0.537. The predicted molar refractivity (Wildman–Crippen MR) is 118 cm³/mol. The first kappa shape index (κ1) is 23.7. The number of aliphatic hydroxyl groups is 1. The molecule has 2 saturated carbocycles. The maximum Gasteiger partial charge on any atom is 0.395 e. The number of amides is 1. The van der Waals surface area contributed by atoms with Crippen LogP contribution in [0.25, 0.3) is 0 Å². The van der Waals surface area contributed by atoms with E-state index in [0.29, 0.717) is 31.2 Å². The van der Waals surface area contributed by atoms with Gasteiger partial charge in [0.1, 0.15) is 5.82 Å². The Morgan fingerprint density at radius 3 is 2.03 bits per heavy atom. The Hall–Kier alpha value is -2.41. The summed E-state index contributed by atoms with van der Waals surface area (Å²) in [6, 6.07) is 12.2. The van der Waals surface area contributed by atoms with Gasteiger partial charge in [-0.2, -0.15) is 13.2 Å². The molecule has 2 aliphatic rings. The Morgan fingerprint density at radius 2 is 1.55 bits per heavy atom. The molecule has 1 atom stereocenters. The third-order valence-corrected chi connectivity index (χ3v) is 7.39. The molecule has 2 aromatic rings. The van der Waals surface area contributed by atoms with Crippen molar-refractivity contribution >= 4 is 5.91 Å². The normalized spacial score (nSPS) is 24.4. The van der Waals surface area contributed by atoms with Gasteiger partial charge in [-0.3, -0.25) is 4.79 Å². The van der Waals surface area contributed by atoms with Gasteiger partial charge in [0.15, 0.2) is 0 Å². The summed E-state index contributed by atoms with van der Waals surface area (Å²) in [6.45, 7) is 1.07. The van der Waals surface area contributed by atoms with Gasteiger partial charge < -0.3 is 10.0 Å². The standard InChI is InChI=1S/C26H29F4NO2/c1-17(26(28,29)30)18-2-4-19(5-3-18)24(33)31(22-10-11-22)23-12-14-25(16-32,15-13-23)20-6-8-21(27)9-7-20/h2-9,17,22-23,32H,10-16H2,1H3. The van der Waals surface area contributed by atoms with Crippen molar-refractivity contribution in [2.45, 2.75) is 75.0 Å². The van der Waals surface area contributed by atoms with E-state index in [1.165, 1.54) is 36.4 Å². The Kier molecular flexibility index (Phi) is 6.54. The van der Waals surface area contributed by atoms with Gasteiger partial charge in [-0.25, -0.2) is 4.39 Å². The van der Waals surface area contributed by atoms with Gasteiger partial charge in [-0.1, -0.05) is 24.3 Å². The van der Waals surface area contributed by atoms with Crippen LogP contribution in [-0.4, -0.2) is 40.8 Å². The van der Waals surface area contributed by atoms with Crippen LogP contribution in [0, 0.1) is 5.82 Å². The number of carbonyl (C=O) groups is 1. The van der Waals surface area contributed by atoms with E-state index in [1.54, 1.807) is 12.1 Å². The number of halogens is 4. The van der Waals surface area contributed by atoms with Crippen molar-refractivity contribution in [3.8, 4) is 0 Å². The predicted octanol–water partition coefficient (Wildman–Crippen LogP) is 5.97. The molecule has 2 fully saturated rings. The lowest BCUT2D eigenvalue weighted by Gasteiger charge is -2.43. The lowest BCUT2D eigenvalue weighted by Crippen LogP contribution is -2.47. The fourth-order valence-electron chi connectivity index (χ4n) is 5.01. The molecule has 33 heavy (non-hydrogen) atoms. The molecule has 3 nitrogen and oxygen atoms in total. The number of aliphatic hydroxyl groups excluding tert-OH is 1.